The van der Waals surface area contributed by atoms with Gasteiger partial charge in [-0.15, -0.1) is 22.7 Å². The average Bonchev–Trinajstić information content (AvgIpc) is 4.14. The first-order chi connectivity index (χ1) is 29.7. The molecule has 4 heteroatoms. The van der Waals surface area contributed by atoms with Crippen LogP contribution in [0.3, 0.4) is 0 Å². The van der Waals surface area contributed by atoms with Gasteiger partial charge in [0.1, 0.15) is 0 Å². The molecule has 0 spiro atoms. The molecule has 282 valence electrons. The number of aromatic nitrogens is 2. The SMILES string of the molecule is c1ccc(-c2ccc(-n3c4ccccc4c4cc(-c5ccc(-c6ccc(-c7ccc8c(c7)c7ccccc7n8-c7ccc(-c8ccccc8)cc7)s6)s5)ccc43)cc2)cc1. The highest BCUT2D eigenvalue weighted by Gasteiger charge is 2.17. The van der Waals surface area contributed by atoms with Crippen molar-refractivity contribution < 1.29 is 0 Å². The monoisotopic (exact) mass is 800 g/mol. The highest BCUT2D eigenvalue weighted by molar-refractivity contribution is 7.25. The molecule has 0 atom stereocenters. The predicted molar refractivity (Wildman–Crippen MR) is 258 cm³/mol. The predicted octanol–water partition coefficient (Wildman–Crippen LogP) is 16.3. The lowest BCUT2D eigenvalue weighted by Gasteiger charge is -2.09. The van der Waals surface area contributed by atoms with Gasteiger partial charge in [-0.2, -0.15) is 0 Å². The van der Waals surface area contributed by atoms with E-state index in [2.05, 4.69) is 228 Å². The molecule has 0 bridgehead atoms. The van der Waals surface area contributed by atoms with E-state index >= 15 is 0 Å². The minimum Gasteiger partial charge on any atom is -0.309 e. The molecular formula is C56H36N2S2. The zero-order chi connectivity index (χ0) is 39.6. The van der Waals surface area contributed by atoms with Gasteiger partial charge in [0.25, 0.3) is 0 Å². The van der Waals surface area contributed by atoms with Crippen LogP contribution < -0.4 is 0 Å². The van der Waals surface area contributed by atoms with E-state index in [0.29, 0.717) is 0 Å². The van der Waals surface area contributed by atoms with Gasteiger partial charge < -0.3 is 9.13 Å². The fourth-order valence-electron chi connectivity index (χ4n) is 8.93. The molecule has 0 aliphatic rings. The number of rotatable bonds is 7. The third-order valence-electron chi connectivity index (χ3n) is 11.8. The Bertz CT molecular complexity index is 3270. The Morgan fingerprint density at radius 3 is 1.00 bits per heavy atom. The molecule has 4 aromatic heterocycles. The van der Waals surface area contributed by atoms with Crippen molar-refractivity contribution in [3.63, 3.8) is 0 Å². The Labute approximate surface area is 356 Å². The van der Waals surface area contributed by atoms with Crippen molar-refractivity contribution in [3.05, 3.63) is 218 Å². The summed E-state index contributed by atoms with van der Waals surface area (Å²) in [5.74, 6) is 0. The van der Waals surface area contributed by atoms with Crippen LogP contribution in [0.15, 0.2) is 218 Å². The summed E-state index contributed by atoms with van der Waals surface area (Å²) >= 11 is 3.74. The van der Waals surface area contributed by atoms with Gasteiger partial charge in [-0.05, 0) is 118 Å². The molecule has 0 radical (unpaired) electrons. The van der Waals surface area contributed by atoms with Crippen molar-refractivity contribution >= 4 is 66.3 Å². The first-order valence-electron chi connectivity index (χ1n) is 20.3. The van der Waals surface area contributed by atoms with E-state index in [4.69, 9.17) is 0 Å². The number of nitrogens with zero attached hydrogens (tertiary/aromatic N) is 2. The minimum atomic E-state index is 1.17. The average molecular weight is 801 g/mol. The number of hydrogen-bond donors (Lipinski definition) is 0. The van der Waals surface area contributed by atoms with Crippen molar-refractivity contribution in [1.29, 1.82) is 0 Å². The van der Waals surface area contributed by atoms with Gasteiger partial charge in [-0.1, -0.05) is 133 Å². The van der Waals surface area contributed by atoms with Crippen molar-refractivity contribution in [2.45, 2.75) is 0 Å². The topological polar surface area (TPSA) is 9.86 Å². The molecule has 4 heterocycles. The smallest absolute Gasteiger partial charge is 0.0541 e. The molecule has 0 saturated heterocycles. The molecule has 12 rings (SSSR count). The summed E-state index contributed by atoms with van der Waals surface area (Å²) < 4.78 is 4.79. The van der Waals surface area contributed by atoms with Crippen LogP contribution in [0.25, 0.3) is 108 Å². The zero-order valence-electron chi connectivity index (χ0n) is 32.5. The van der Waals surface area contributed by atoms with E-state index in [1.165, 1.54) is 108 Å². The van der Waals surface area contributed by atoms with Gasteiger partial charge in [-0.3, -0.25) is 0 Å². The Balaban J connectivity index is 0.857. The van der Waals surface area contributed by atoms with Crippen LogP contribution in [-0.2, 0) is 0 Å². The van der Waals surface area contributed by atoms with Gasteiger partial charge in [0.15, 0.2) is 0 Å². The summed E-state index contributed by atoms with van der Waals surface area (Å²) in [5.41, 5.74) is 14.6. The number of thiophene rings is 2. The van der Waals surface area contributed by atoms with Crippen LogP contribution in [-0.4, -0.2) is 9.13 Å². The second kappa shape index (κ2) is 14.2. The Morgan fingerprint density at radius 1 is 0.233 bits per heavy atom. The van der Waals surface area contributed by atoms with Crippen LogP contribution in [0.5, 0.6) is 0 Å². The summed E-state index contributed by atoms with van der Waals surface area (Å²) in [6, 6.07) is 79.7. The van der Waals surface area contributed by atoms with Crippen molar-refractivity contribution in [3.8, 4) is 64.3 Å². The summed E-state index contributed by atoms with van der Waals surface area (Å²) in [6.45, 7) is 0. The van der Waals surface area contributed by atoms with E-state index in [-0.39, 0.29) is 0 Å². The molecule has 0 unspecified atom stereocenters. The maximum Gasteiger partial charge on any atom is 0.0541 e. The molecule has 0 fully saturated rings. The largest absolute Gasteiger partial charge is 0.309 e. The molecule has 12 aromatic rings. The summed E-state index contributed by atoms with van der Waals surface area (Å²) in [6.07, 6.45) is 0. The van der Waals surface area contributed by atoms with Gasteiger partial charge in [0.2, 0.25) is 0 Å². The molecule has 8 aromatic carbocycles. The summed E-state index contributed by atoms with van der Waals surface area (Å²) in [4.78, 5) is 5.13. The highest BCUT2D eigenvalue weighted by Crippen LogP contribution is 2.43. The second-order valence-electron chi connectivity index (χ2n) is 15.3. The fourth-order valence-corrected chi connectivity index (χ4v) is 11.0. The maximum absolute atomic E-state index is 2.40. The fraction of sp³-hybridized carbons (Fsp3) is 0. The first-order valence-corrected chi connectivity index (χ1v) is 22.0. The van der Waals surface area contributed by atoms with E-state index in [9.17, 15) is 0 Å². The summed E-state index contributed by atoms with van der Waals surface area (Å²) in [7, 11) is 0. The number of benzene rings is 8. The lowest BCUT2D eigenvalue weighted by atomic mass is 10.1. The zero-order valence-corrected chi connectivity index (χ0v) is 34.1. The van der Waals surface area contributed by atoms with Gasteiger partial charge in [0, 0.05) is 52.4 Å². The van der Waals surface area contributed by atoms with Crippen molar-refractivity contribution in [1.82, 2.24) is 9.13 Å². The van der Waals surface area contributed by atoms with E-state index < -0.39 is 0 Å². The lowest BCUT2D eigenvalue weighted by Crippen LogP contribution is -1.93. The minimum absolute atomic E-state index is 1.17. The molecule has 0 aliphatic carbocycles. The molecule has 2 nitrogen and oxygen atoms in total. The molecule has 0 aliphatic heterocycles. The molecule has 0 N–H and O–H groups in total. The quantitative estimate of drug-likeness (QED) is 0.152. The van der Waals surface area contributed by atoms with Crippen LogP contribution in [0.4, 0.5) is 0 Å². The highest BCUT2D eigenvalue weighted by atomic mass is 32.1. The van der Waals surface area contributed by atoms with Crippen LogP contribution in [0, 0.1) is 0 Å². The molecule has 0 saturated carbocycles. The van der Waals surface area contributed by atoms with Gasteiger partial charge in [-0.25, -0.2) is 0 Å². The third-order valence-corrected chi connectivity index (χ3v) is 14.3. The van der Waals surface area contributed by atoms with Crippen LogP contribution in [0.1, 0.15) is 0 Å². The van der Waals surface area contributed by atoms with Gasteiger partial charge >= 0.3 is 0 Å². The number of para-hydroxylation sites is 2. The molecular weight excluding hydrogens is 765 g/mol. The van der Waals surface area contributed by atoms with Crippen LogP contribution in [0.2, 0.25) is 0 Å². The lowest BCUT2D eigenvalue weighted by molar-refractivity contribution is 1.18. The van der Waals surface area contributed by atoms with E-state index in [1.54, 1.807) is 0 Å². The van der Waals surface area contributed by atoms with Crippen molar-refractivity contribution in [2.24, 2.45) is 0 Å². The van der Waals surface area contributed by atoms with Crippen molar-refractivity contribution in [2.75, 3.05) is 0 Å². The molecule has 60 heavy (non-hydrogen) atoms. The molecule has 0 amide bonds. The standard InChI is InChI=1S/C56H36N2S2/c1-3-11-37(12-4-1)39-19-25-43(26-20-39)57-49-17-9-7-15-45(49)47-35-41(23-29-51(47)57)53-31-33-55(59-53)56-34-32-54(60-56)42-24-30-52-48(36-42)46-16-8-10-18-50(46)58(52)44-27-21-40(22-28-44)38-13-5-2-6-14-38/h1-36H. The first kappa shape index (κ1) is 34.8. The second-order valence-corrected chi connectivity index (χ2v) is 17.5. The Kier molecular flexibility index (Phi) is 8.25. The van der Waals surface area contributed by atoms with Crippen LogP contribution >= 0.6 is 22.7 Å². The Hall–Kier alpha value is -7.24. The maximum atomic E-state index is 2.40. The Morgan fingerprint density at radius 2 is 0.567 bits per heavy atom. The third kappa shape index (κ3) is 5.84. The summed E-state index contributed by atoms with van der Waals surface area (Å²) in [5, 5.41) is 5.07. The normalized spacial score (nSPS) is 11.7. The van der Waals surface area contributed by atoms with E-state index in [1.807, 2.05) is 22.7 Å². The number of fused-ring (bicyclic) bond motifs is 6. The van der Waals surface area contributed by atoms with E-state index in [0.717, 1.165) is 0 Å². The number of hydrogen-bond acceptors (Lipinski definition) is 2. The van der Waals surface area contributed by atoms with Gasteiger partial charge in [0.05, 0.1) is 22.1 Å².